The van der Waals surface area contributed by atoms with Crippen molar-refractivity contribution in [2.24, 2.45) is 0 Å². The van der Waals surface area contributed by atoms with Crippen molar-refractivity contribution in [2.75, 3.05) is 0 Å². The van der Waals surface area contributed by atoms with Crippen molar-refractivity contribution < 1.29 is 0 Å². The van der Waals surface area contributed by atoms with E-state index in [-0.39, 0.29) is 0 Å². The van der Waals surface area contributed by atoms with Crippen LogP contribution in [0.5, 0.6) is 0 Å². The molecule has 1 aromatic carbocycles. The Balaban J connectivity index is 1.94. The SMILES string of the molecule is CCc1cccnc1CNCc1ccc(Cl)c(Br)c1. The van der Waals surface area contributed by atoms with Crippen molar-refractivity contribution in [3.63, 3.8) is 0 Å². The Hall–Kier alpha value is -0.900. The summed E-state index contributed by atoms with van der Waals surface area (Å²) in [6.07, 6.45) is 2.85. The monoisotopic (exact) mass is 338 g/mol. The van der Waals surface area contributed by atoms with Gasteiger partial charge in [-0.1, -0.05) is 30.7 Å². The fourth-order valence-electron chi connectivity index (χ4n) is 1.93. The van der Waals surface area contributed by atoms with Crippen LogP contribution in [0.25, 0.3) is 0 Å². The summed E-state index contributed by atoms with van der Waals surface area (Å²) in [4.78, 5) is 4.42. The van der Waals surface area contributed by atoms with E-state index in [1.165, 1.54) is 11.1 Å². The smallest absolute Gasteiger partial charge is 0.0573 e. The van der Waals surface area contributed by atoms with E-state index in [0.717, 1.165) is 34.7 Å². The number of aromatic nitrogens is 1. The molecule has 2 nitrogen and oxygen atoms in total. The van der Waals surface area contributed by atoms with Crippen LogP contribution in [0.4, 0.5) is 0 Å². The number of hydrogen-bond acceptors (Lipinski definition) is 2. The summed E-state index contributed by atoms with van der Waals surface area (Å²) in [5, 5.41) is 4.15. The molecule has 0 aliphatic rings. The van der Waals surface area contributed by atoms with Crippen molar-refractivity contribution in [2.45, 2.75) is 26.4 Å². The lowest BCUT2D eigenvalue weighted by molar-refractivity contribution is 0.673. The molecule has 0 spiro atoms. The molecule has 0 fully saturated rings. The average Bonchev–Trinajstić information content (AvgIpc) is 2.43. The van der Waals surface area contributed by atoms with E-state index in [2.05, 4.69) is 39.2 Å². The second kappa shape index (κ2) is 7.04. The predicted molar refractivity (Wildman–Crippen MR) is 83.3 cm³/mol. The number of nitrogens with one attached hydrogen (secondary N) is 1. The summed E-state index contributed by atoms with van der Waals surface area (Å²) in [6.45, 7) is 3.73. The molecule has 0 atom stereocenters. The number of benzene rings is 1. The van der Waals surface area contributed by atoms with Gasteiger partial charge >= 0.3 is 0 Å². The van der Waals surface area contributed by atoms with Crippen molar-refractivity contribution in [1.29, 1.82) is 0 Å². The van der Waals surface area contributed by atoms with Crippen molar-refractivity contribution >= 4 is 27.5 Å². The van der Waals surface area contributed by atoms with E-state index in [4.69, 9.17) is 11.6 Å². The first-order valence-corrected chi connectivity index (χ1v) is 7.45. The Bertz CT molecular complexity index is 558. The van der Waals surface area contributed by atoms with Gasteiger partial charge in [0.2, 0.25) is 0 Å². The summed E-state index contributed by atoms with van der Waals surface area (Å²) in [5.41, 5.74) is 3.62. The fourth-order valence-corrected chi connectivity index (χ4v) is 2.47. The zero-order valence-corrected chi connectivity index (χ0v) is 13.1. The molecular weight excluding hydrogens is 324 g/mol. The number of nitrogens with zero attached hydrogens (tertiary/aromatic N) is 1. The van der Waals surface area contributed by atoms with Gasteiger partial charge in [0.15, 0.2) is 0 Å². The van der Waals surface area contributed by atoms with E-state index in [1.54, 1.807) is 0 Å². The van der Waals surface area contributed by atoms with Crippen LogP contribution in [-0.2, 0) is 19.5 Å². The molecule has 2 rings (SSSR count). The maximum atomic E-state index is 5.97. The van der Waals surface area contributed by atoms with Gasteiger partial charge < -0.3 is 5.32 Å². The molecule has 0 radical (unpaired) electrons. The van der Waals surface area contributed by atoms with Crippen LogP contribution in [0.15, 0.2) is 41.0 Å². The van der Waals surface area contributed by atoms with Crippen LogP contribution in [0.1, 0.15) is 23.7 Å². The minimum atomic E-state index is 0.738. The van der Waals surface area contributed by atoms with Crippen LogP contribution in [0, 0.1) is 0 Å². The molecule has 0 saturated heterocycles. The second-order valence-corrected chi connectivity index (χ2v) is 5.58. The number of halogens is 2. The highest BCUT2D eigenvalue weighted by molar-refractivity contribution is 9.10. The molecule has 100 valence electrons. The van der Waals surface area contributed by atoms with Gasteiger partial charge in [-0.25, -0.2) is 0 Å². The van der Waals surface area contributed by atoms with Gasteiger partial charge in [-0.05, 0) is 51.7 Å². The number of aryl methyl sites for hydroxylation is 1. The van der Waals surface area contributed by atoms with Gasteiger partial charge in [0.05, 0.1) is 10.7 Å². The Morgan fingerprint density at radius 2 is 2.11 bits per heavy atom. The van der Waals surface area contributed by atoms with Crippen molar-refractivity contribution in [3.8, 4) is 0 Å². The van der Waals surface area contributed by atoms with Gasteiger partial charge in [0, 0.05) is 23.8 Å². The highest BCUT2D eigenvalue weighted by atomic mass is 79.9. The Kier molecular flexibility index (Phi) is 5.37. The first-order chi connectivity index (χ1) is 9.20. The third-order valence-electron chi connectivity index (χ3n) is 2.97. The number of pyridine rings is 1. The van der Waals surface area contributed by atoms with Crippen LogP contribution >= 0.6 is 27.5 Å². The topological polar surface area (TPSA) is 24.9 Å². The maximum absolute atomic E-state index is 5.97. The van der Waals surface area contributed by atoms with E-state index in [1.807, 2.05) is 30.5 Å². The van der Waals surface area contributed by atoms with E-state index >= 15 is 0 Å². The normalized spacial score (nSPS) is 10.7. The lowest BCUT2D eigenvalue weighted by Gasteiger charge is -2.08. The third kappa shape index (κ3) is 4.03. The molecule has 4 heteroatoms. The maximum Gasteiger partial charge on any atom is 0.0573 e. The van der Waals surface area contributed by atoms with Gasteiger partial charge in [0.25, 0.3) is 0 Å². The number of rotatable bonds is 5. The molecule has 1 N–H and O–H groups in total. The summed E-state index contributed by atoms with van der Waals surface area (Å²) in [5.74, 6) is 0. The zero-order valence-electron chi connectivity index (χ0n) is 10.8. The lowest BCUT2D eigenvalue weighted by Crippen LogP contribution is -2.15. The first kappa shape index (κ1) is 14.5. The summed E-state index contributed by atoms with van der Waals surface area (Å²) in [7, 11) is 0. The van der Waals surface area contributed by atoms with Crippen LogP contribution in [0.2, 0.25) is 5.02 Å². The highest BCUT2D eigenvalue weighted by Gasteiger charge is 2.02. The largest absolute Gasteiger partial charge is 0.307 e. The molecule has 19 heavy (non-hydrogen) atoms. The molecule has 0 unspecified atom stereocenters. The standard InChI is InChI=1S/C15H16BrClN2/c1-2-12-4-3-7-19-15(12)10-18-9-11-5-6-14(17)13(16)8-11/h3-8,18H,2,9-10H2,1H3. The fraction of sp³-hybridized carbons (Fsp3) is 0.267. The third-order valence-corrected chi connectivity index (χ3v) is 4.18. The molecule has 0 saturated carbocycles. The minimum absolute atomic E-state index is 0.738. The molecule has 2 aromatic rings. The number of hydrogen-bond donors (Lipinski definition) is 1. The van der Waals surface area contributed by atoms with Gasteiger partial charge in [0.1, 0.15) is 0 Å². The molecule has 0 amide bonds. The highest BCUT2D eigenvalue weighted by Crippen LogP contribution is 2.23. The van der Waals surface area contributed by atoms with Crippen molar-refractivity contribution in [3.05, 3.63) is 62.8 Å². The van der Waals surface area contributed by atoms with Gasteiger partial charge in [-0.2, -0.15) is 0 Å². The van der Waals surface area contributed by atoms with Crippen molar-refractivity contribution in [1.82, 2.24) is 10.3 Å². The summed E-state index contributed by atoms with van der Waals surface area (Å²) in [6, 6.07) is 10.1. The summed E-state index contributed by atoms with van der Waals surface area (Å²) >= 11 is 9.41. The summed E-state index contributed by atoms with van der Waals surface area (Å²) < 4.78 is 0.931. The molecule has 0 aliphatic carbocycles. The first-order valence-electron chi connectivity index (χ1n) is 6.28. The van der Waals surface area contributed by atoms with Gasteiger partial charge in [-0.3, -0.25) is 4.98 Å². The van der Waals surface area contributed by atoms with E-state index < -0.39 is 0 Å². The Morgan fingerprint density at radius 3 is 2.84 bits per heavy atom. The average molecular weight is 340 g/mol. The van der Waals surface area contributed by atoms with E-state index in [0.29, 0.717) is 0 Å². The molecule has 0 aliphatic heterocycles. The predicted octanol–water partition coefficient (Wildman–Crippen LogP) is 4.35. The molecule has 1 aromatic heterocycles. The quantitative estimate of drug-likeness (QED) is 0.876. The van der Waals surface area contributed by atoms with Crippen LogP contribution < -0.4 is 5.32 Å². The van der Waals surface area contributed by atoms with E-state index in [9.17, 15) is 0 Å². The van der Waals surface area contributed by atoms with Crippen LogP contribution in [0.3, 0.4) is 0 Å². The van der Waals surface area contributed by atoms with Gasteiger partial charge in [-0.15, -0.1) is 0 Å². The molecule has 0 bridgehead atoms. The second-order valence-electron chi connectivity index (χ2n) is 4.31. The lowest BCUT2D eigenvalue weighted by atomic mass is 10.1. The molecular formula is C15H16BrClN2. The Labute approximate surface area is 127 Å². The minimum Gasteiger partial charge on any atom is -0.307 e. The zero-order chi connectivity index (χ0) is 13.7. The Morgan fingerprint density at radius 1 is 1.26 bits per heavy atom. The van der Waals surface area contributed by atoms with Crippen LogP contribution in [-0.4, -0.2) is 4.98 Å². The molecule has 1 heterocycles.